The number of carbonyl (C=O) groups excluding carboxylic acids is 1. The predicted octanol–water partition coefficient (Wildman–Crippen LogP) is 5.09. The van der Waals surface area contributed by atoms with E-state index in [9.17, 15) is 4.79 Å². The molecule has 1 saturated heterocycles. The fraction of sp³-hybridized carbons (Fsp3) is 0.308. The summed E-state index contributed by atoms with van der Waals surface area (Å²) in [5, 5.41) is 0. The van der Waals surface area contributed by atoms with Crippen LogP contribution in [0.5, 0.6) is 11.5 Å². The van der Waals surface area contributed by atoms with Gasteiger partial charge in [0, 0.05) is 36.0 Å². The highest BCUT2D eigenvalue weighted by Gasteiger charge is 2.27. The average molecular weight is 417 g/mol. The molecule has 4 rings (SSSR count). The van der Waals surface area contributed by atoms with Crippen molar-refractivity contribution in [3.05, 3.63) is 77.6 Å². The van der Waals surface area contributed by atoms with Crippen LogP contribution in [0.2, 0.25) is 0 Å². The topological polar surface area (TPSA) is 51.7 Å². The number of pyridine rings is 1. The summed E-state index contributed by atoms with van der Waals surface area (Å²) in [6.07, 6.45) is 1.99. The molecule has 5 heteroatoms. The molecule has 31 heavy (non-hydrogen) atoms. The lowest BCUT2D eigenvalue weighted by atomic mass is 9.91. The number of hydrogen-bond acceptors (Lipinski definition) is 4. The van der Waals surface area contributed by atoms with Gasteiger partial charge in [0.1, 0.15) is 11.5 Å². The zero-order valence-corrected chi connectivity index (χ0v) is 18.3. The van der Waals surface area contributed by atoms with Crippen molar-refractivity contribution in [3.63, 3.8) is 0 Å². The fourth-order valence-corrected chi connectivity index (χ4v) is 4.21. The molecule has 0 N–H and O–H groups in total. The first-order valence-corrected chi connectivity index (χ1v) is 10.6. The van der Waals surface area contributed by atoms with Crippen molar-refractivity contribution in [1.82, 2.24) is 9.88 Å². The van der Waals surface area contributed by atoms with Gasteiger partial charge in [-0.3, -0.25) is 9.78 Å². The summed E-state index contributed by atoms with van der Waals surface area (Å²) in [5.41, 5.74) is 4.91. The summed E-state index contributed by atoms with van der Waals surface area (Å²) in [7, 11) is 3.29. The number of piperidine rings is 1. The highest BCUT2D eigenvalue weighted by atomic mass is 16.5. The van der Waals surface area contributed by atoms with Crippen LogP contribution < -0.4 is 9.47 Å². The van der Waals surface area contributed by atoms with Crippen molar-refractivity contribution in [2.75, 3.05) is 27.3 Å². The molecule has 0 saturated carbocycles. The Morgan fingerprint density at radius 2 is 1.71 bits per heavy atom. The van der Waals surface area contributed by atoms with E-state index in [-0.39, 0.29) is 11.8 Å². The molecule has 3 aromatic rings. The van der Waals surface area contributed by atoms with Crippen LogP contribution in [-0.2, 0) is 0 Å². The number of nitrogens with zero attached hydrogens (tertiary/aromatic N) is 2. The van der Waals surface area contributed by atoms with Gasteiger partial charge in [-0.2, -0.15) is 0 Å². The van der Waals surface area contributed by atoms with Crippen LogP contribution in [-0.4, -0.2) is 43.1 Å². The molecule has 0 radical (unpaired) electrons. The summed E-state index contributed by atoms with van der Waals surface area (Å²) < 4.78 is 10.7. The van der Waals surface area contributed by atoms with Crippen LogP contribution in [0.1, 0.15) is 40.5 Å². The van der Waals surface area contributed by atoms with Gasteiger partial charge in [-0.15, -0.1) is 0 Å². The van der Waals surface area contributed by atoms with Crippen molar-refractivity contribution in [2.24, 2.45) is 0 Å². The van der Waals surface area contributed by atoms with E-state index in [1.807, 2.05) is 48.2 Å². The number of ether oxygens (including phenoxy) is 2. The molecule has 160 valence electrons. The van der Waals surface area contributed by atoms with Crippen molar-refractivity contribution in [3.8, 4) is 22.6 Å². The van der Waals surface area contributed by atoms with Gasteiger partial charge in [0.25, 0.3) is 5.91 Å². The molecule has 1 fully saturated rings. The lowest BCUT2D eigenvalue weighted by Crippen LogP contribution is -2.39. The van der Waals surface area contributed by atoms with Crippen LogP contribution in [0.25, 0.3) is 11.1 Å². The zero-order valence-electron chi connectivity index (χ0n) is 18.3. The number of amides is 1. The van der Waals surface area contributed by atoms with Gasteiger partial charge >= 0.3 is 0 Å². The maximum Gasteiger partial charge on any atom is 0.254 e. The predicted molar refractivity (Wildman–Crippen MR) is 122 cm³/mol. The van der Waals surface area contributed by atoms with E-state index >= 15 is 0 Å². The van der Waals surface area contributed by atoms with Gasteiger partial charge in [0.05, 0.1) is 14.2 Å². The molecule has 1 aromatic heterocycles. The molecule has 1 atom stereocenters. The Kier molecular flexibility index (Phi) is 6.21. The molecule has 0 aliphatic carbocycles. The Hall–Kier alpha value is -3.34. The number of carbonyl (C=O) groups is 1. The van der Waals surface area contributed by atoms with Gasteiger partial charge in [-0.25, -0.2) is 0 Å². The van der Waals surface area contributed by atoms with Crippen LogP contribution in [0.3, 0.4) is 0 Å². The number of hydrogen-bond donors (Lipinski definition) is 0. The zero-order chi connectivity index (χ0) is 21.8. The molecular formula is C26H28N2O3. The maximum atomic E-state index is 13.1. The Balaban J connectivity index is 1.58. The number of aromatic nitrogens is 1. The Morgan fingerprint density at radius 3 is 2.48 bits per heavy atom. The lowest BCUT2D eigenvalue weighted by molar-refractivity contribution is 0.0705. The normalized spacial score (nSPS) is 16.1. The number of methoxy groups -OCH3 is 2. The number of benzene rings is 2. The first-order valence-electron chi connectivity index (χ1n) is 10.6. The largest absolute Gasteiger partial charge is 0.497 e. The fourth-order valence-electron chi connectivity index (χ4n) is 4.21. The lowest BCUT2D eigenvalue weighted by Gasteiger charge is -2.33. The van der Waals surface area contributed by atoms with Gasteiger partial charge < -0.3 is 14.4 Å². The van der Waals surface area contributed by atoms with Gasteiger partial charge in [0.2, 0.25) is 0 Å². The first kappa shape index (κ1) is 20.9. The highest BCUT2D eigenvalue weighted by Crippen LogP contribution is 2.31. The van der Waals surface area contributed by atoms with E-state index in [1.54, 1.807) is 20.3 Å². The second kappa shape index (κ2) is 9.21. The van der Waals surface area contributed by atoms with Gasteiger partial charge in [-0.1, -0.05) is 18.2 Å². The summed E-state index contributed by atoms with van der Waals surface area (Å²) in [6, 6.07) is 19.7. The van der Waals surface area contributed by atoms with Crippen molar-refractivity contribution in [2.45, 2.75) is 25.7 Å². The second-order valence-electron chi connectivity index (χ2n) is 7.98. The van der Waals surface area contributed by atoms with Crippen LogP contribution in [0, 0.1) is 6.92 Å². The molecular weight excluding hydrogens is 388 g/mol. The minimum Gasteiger partial charge on any atom is -0.497 e. The molecule has 0 spiro atoms. The van der Waals surface area contributed by atoms with Crippen molar-refractivity contribution < 1.29 is 14.3 Å². The monoisotopic (exact) mass is 416 g/mol. The number of rotatable bonds is 5. The first-order chi connectivity index (χ1) is 15.1. The third kappa shape index (κ3) is 4.71. The molecule has 0 bridgehead atoms. The van der Waals surface area contributed by atoms with E-state index in [2.05, 4.69) is 18.2 Å². The number of likely N-dealkylation sites (tertiary alicyclic amines) is 1. The minimum atomic E-state index is 0.0456. The molecule has 2 aromatic carbocycles. The smallest absolute Gasteiger partial charge is 0.254 e. The van der Waals surface area contributed by atoms with Crippen molar-refractivity contribution in [1.29, 1.82) is 0 Å². The van der Waals surface area contributed by atoms with E-state index in [0.717, 1.165) is 47.7 Å². The summed E-state index contributed by atoms with van der Waals surface area (Å²) in [6.45, 7) is 3.46. The van der Waals surface area contributed by atoms with Crippen LogP contribution in [0.15, 0.2) is 60.7 Å². The minimum absolute atomic E-state index is 0.0456. The maximum absolute atomic E-state index is 13.1. The molecule has 1 unspecified atom stereocenters. The highest BCUT2D eigenvalue weighted by molar-refractivity contribution is 5.94. The third-order valence-corrected chi connectivity index (χ3v) is 5.82. The molecule has 1 amide bonds. The van der Waals surface area contributed by atoms with Crippen LogP contribution in [0.4, 0.5) is 0 Å². The third-order valence-electron chi connectivity index (χ3n) is 5.82. The Morgan fingerprint density at radius 1 is 0.968 bits per heavy atom. The van der Waals surface area contributed by atoms with E-state index < -0.39 is 0 Å². The SMILES string of the molecule is COc1cccc(C(=O)N2CCCC(c3cc(-c4cccc(OC)c4)cc(C)n3)C2)c1. The second-order valence-corrected chi connectivity index (χ2v) is 7.98. The van der Waals surface area contributed by atoms with Crippen molar-refractivity contribution >= 4 is 5.91 Å². The van der Waals surface area contributed by atoms with E-state index in [1.165, 1.54) is 0 Å². The summed E-state index contributed by atoms with van der Waals surface area (Å²) >= 11 is 0. The molecule has 1 aliphatic heterocycles. The van der Waals surface area contributed by atoms with E-state index in [4.69, 9.17) is 14.5 Å². The molecule has 1 aliphatic rings. The van der Waals surface area contributed by atoms with E-state index in [0.29, 0.717) is 17.9 Å². The Labute approximate surface area is 183 Å². The summed E-state index contributed by atoms with van der Waals surface area (Å²) in [4.78, 5) is 19.9. The molecule has 2 heterocycles. The van der Waals surface area contributed by atoms with Crippen LogP contribution >= 0.6 is 0 Å². The Bertz CT molecular complexity index is 1080. The summed E-state index contributed by atoms with van der Waals surface area (Å²) in [5.74, 6) is 1.79. The van der Waals surface area contributed by atoms with Gasteiger partial charge in [-0.05, 0) is 73.4 Å². The standard InChI is InChI=1S/C26H28N2O3/c1-18-13-22(19-7-4-10-23(14-19)30-2)16-25(27-18)21-9-6-12-28(17-21)26(29)20-8-5-11-24(15-20)31-3/h4-5,7-8,10-11,13-16,21H,6,9,12,17H2,1-3H3. The average Bonchev–Trinajstić information content (AvgIpc) is 2.83. The van der Waals surface area contributed by atoms with Gasteiger partial charge in [0.15, 0.2) is 0 Å². The molecule has 5 nitrogen and oxygen atoms in total. The number of aryl methyl sites for hydroxylation is 1. The quantitative estimate of drug-likeness (QED) is 0.581.